The van der Waals surface area contributed by atoms with Gasteiger partial charge in [-0.05, 0) is 12.1 Å². The summed E-state index contributed by atoms with van der Waals surface area (Å²) in [4.78, 5) is 31.6. The van der Waals surface area contributed by atoms with Crippen LogP contribution in [0.4, 0.5) is 5.69 Å². The van der Waals surface area contributed by atoms with E-state index < -0.39 is 0 Å². The number of hydrogen-bond donors (Lipinski definition) is 1. The summed E-state index contributed by atoms with van der Waals surface area (Å²) in [7, 11) is 1.60. The van der Waals surface area contributed by atoms with Gasteiger partial charge in [-0.3, -0.25) is 14.6 Å². The first-order chi connectivity index (χ1) is 8.20. The predicted molar refractivity (Wildman–Crippen MR) is 64.0 cm³/mol. The molecule has 0 spiro atoms. The van der Waals surface area contributed by atoms with Crippen LogP contribution in [0, 0.1) is 0 Å². The molecule has 0 unspecified atom stereocenters. The van der Waals surface area contributed by atoms with Crippen LogP contribution in [0.2, 0.25) is 0 Å². The summed E-state index contributed by atoms with van der Waals surface area (Å²) >= 11 is 0. The second-order valence-electron chi connectivity index (χ2n) is 3.50. The van der Waals surface area contributed by atoms with Crippen LogP contribution >= 0.6 is 0 Å². The molecule has 1 amide bonds. The molecule has 0 aliphatic rings. The van der Waals surface area contributed by atoms with Crippen molar-refractivity contribution in [2.24, 2.45) is 0 Å². The minimum absolute atomic E-state index is 0.110. The van der Waals surface area contributed by atoms with Crippen LogP contribution < -0.4 is 10.3 Å². The highest BCUT2D eigenvalue weighted by Gasteiger charge is 2.15. The minimum atomic E-state index is -0.361. The maximum Gasteiger partial charge on any atom is 0.263 e. The summed E-state index contributed by atoms with van der Waals surface area (Å²) in [5.74, 6) is -0.361. The van der Waals surface area contributed by atoms with Crippen LogP contribution in [0.3, 0.4) is 0 Å². The summed E-state index contributed by atoms with van der Waals surface area (Å²) < 4.78 is 0. The van der Waals surface area contributed by atoms with Gasteiger partial charge in [0.2, 0.25) is 0 Å². The monoisotopic (exact) mass is 229 g/mol. The molecule has 0 aliphatic heterocycles. The Kier molecular flexibility index (Phi) is 3.00. The lowest BCUT2D eigenvalue weighted by molar-refractivity contribution is 0.0991. The molecular formula is C12H11N3O2. The summed E-state index contributed by atoms with van der Waals surface area (Å²) in [5.41, 5.74) is 0.448. The van der Waals surface area contributed by atoms with Crippen LogP contribution in [0.5, 0.6) is 0 Å². The third kappa shape index (κ3) is 2.23. The Hall–Kier alpha value is -2.43. The van der Waals surface area contributed by atoms with Crippen molar-refractivity contribution in [1.29, 1.82) is 0 Å². The second-order valence-corrected chi connectivity index (χ2v) is 3.50. The van der Waals surface area contributed by atoms with Gasteiger partial charge in [0.15, 0.2) is 5.43 Å². The number of pyridine rings is 2. The number of aromatic amines is 1. The van der Waals surface area contributed by atoms with Crippen molar-refractivity contribution < 1.29 is 4.79 Å². The van der Waals surface area contributed by atoms with Gasteiger partial charge in [-0.2, -0.15) is 0 Å². The first-order valence-corrected chi connectivity index (χ1v) is 5.05. The normalized spacial score (nSPS) is 9.94. The maximum absolute atomic E-state index is 12.0. The number of rotatable bonds is 2. The first-order valence-electron chi connectivity index (χ1n) is 5.05. The number of aromatic nitrogens is 2. The molecule has 5 heteroatoms. The highest BCUT2D eigenvalue weighted by atomic mass is 16.2. The highest BCUT2D eigenvalue weighted by Crippen LogP contribution is 2.11. The van der Waals surface area contributed by atoms with E-state index in [0.717, 1.165) is 0 Å². The summed E-state index contributed by atoms with van der Waals surface area (Å²) in [5, 5.41) is 0. The van der Waals surface area contributed by atoms with Crippen molar-refractivity contribution in [3.05, 3.63) is 58.8 Å². The molecule has 86 valence electrons. The van der Waals surface area contributed by atoms with Crippen molar-refractivity contribution in [2.45, 2.75) is 0 Å². The van der Waals surface area contributed by atoms with E-state index in [9.17, 15) is 9.59 Å². The van der Waals surface area contributed by atoms with Gasteiger partial charge in [-0.25, -0.2) is 0 Å². The zero-order valence-electron chi connectivity index (χ0n) is 9.25. The van der Waals surface area contributed by atoms with Gasteiger partial charge in [-0.1, -0.05) is 0 Å². The fraction of sp³-hybridized carbons (Fsp3) is 0.0833. The van der Waals surface area contributed by atoms with Crippen molar-refractivity contribution in [1.82, 2.24) is 9.97 Å². The molecule has 2 aromatic heterocycles. The van der Waals surface area contributed by atoms with Crippen molar-refractivity contribution in [3.63, 3.8) is 0 Å². The number of carbonyl (C=O) groups is 1. The Bertz CT molecular complexity index is 578. The predicted octanol–water partition coefficient (Wildman–Crippen LogP) is 1.05. The zero-order valence-corrected chi connectivity index (χ0v) is 9.25. The van der Waals surface area contributed by atoms with E-state index in [-0.39, 0.29) is 16.9 Å². The number of H-pyrrole nitrogens is 1. The standard InChI is InChI=1S/C12H11N3O2/c1-15(9-3-2-5-13-7-9)12(17)10-8-14-6-4-11(10)16/h2-8H,1H3,(H,14,16). The molecule has 0 radical (unpaired) electrons. The fourth-order valence-electron chi connectivity index (χ4n) is 1.43. The third-order valence-electron chi connectivity index (χ3n) is 2.39. The number of carbonyl (C=O) groups excluding carboxylic acids is 1. The van der Waals surface area contributed by atoms with Crippen LogP contribution in [-0.4, -0.2) is 22.9 Å². The van der Waals surface area contributed by atoms with Gasteiger partial charge in [0.1, 0.15) is 5.56 Å². The lowest BCUT2D eigenvalue weighted by Crippen LogP contribution is -2.30. The molecule has 0 fully saturated rings. The molecule has 2 rings (SSSR count). The summed E-state index contributed by atoms with van der Waals surface area (Å²) in [6, 6.07) is 4.81. The maximum atomic E-state index is 12.0. The molecule has 0 saturated heterocycles. The van der Waals surface area contributed by atoms with E-state index in [1.165, 1.54) is 23.4 Å². The minimum Gasteiger partial charge on any atom is -0.367 e. The molecule has 0 aliphatic carbocycles. The molecular weight excluding hydrogens is 218 g/mol. The van der Waals surface area contributed by atoms with Crippen molar-refractivity contribution in [3.8, 4) is 0 Å². The van der Waals surface area contributed by atoms with Crippen LogP contribution in [0.25, 0.3) is 0 Å². The number of hydrogen-bond acceptors (Lipinski definition) is 3. The second kappa shape index (κ2) is 4.61. The van der Waals surface area contributed by atoms with Crippen molar-refractivity contribution in [2.75, 3.05) is 11.9 Å². The molecule has 0 aromatic carbocycles. The van der Waals surface area contributed by atoms with Crippen LogP contribution in [0.15, 0.2) is 47.8 Å². The summed E-state index contributed by atoms with van der Waals surface area (Å²) in [6.45, 7) is 0. The van der Waals surface area contributed by atoms with Gasteiger partial charge in [0, 0.05) is 31.7 Å². The van der Waals surface area contributed by atoms with Gasteiger partial charge < -0.3 is 9.88 Å². The van der Waals surface area contributed by atoms with E-state index in [1.807, 2.05) is 0 Å². The van der Waals surface area contributed by atoms with Gasteiger partial charge in [-0.15, -0.1) is 0 Å². The molecule has 2 heterocycles. The Morgan fingerprint density at radius 1 is 1.41 bits per heavy atom. The number of amides is 1. The summed E-state index contributed by atoms with van der Waals surface area (Å²) in [6.07, 6.45) is 6.08. The smallest absolute Gasteiger partial charge is 0.263 e. The highest BCUT2D eigenvalue weighted by molar-refractivity contribution is 6.05. The Labute approximate surface area is 97.7 Å². The van der Waals surface area contributed by atoms with E-state index in [1.54, 1.807) is 31.6 Å². The largest absolute Gasteiger partial charge is 0.367 e. The van der Waals surface area contributed by atoms with Crippen molar-refractivity contribution >= 4 is 11.6 Å². The van der Waals surface area contributed by atoms with E-state index in [2.05, 4.69) is 9.97 Å². The Balaban J connectivity index is 2.34. The first kappa shape index (κ1) is 11.1. The molecule has 0 saturated carbocycles. The fourth-order valence-corrected chi connectivity index (χ4v) is 1.43. The Morgan fingerprint density at radius 2 is 2.24 bits per heavy atom. The zero-order chi connectivity index (χ0) is 12.3. The number of nitrogens with zero attached hydrogens (tertiary/aromatic N) is 2. The number of anilines is 1. The topological polar surface area (TPSA) is 66.1 Å². The molecule has 1 N–H and O–H groups in total. The molecule has 5 nitrogen and oxygen atoms in total. The van der Waals surface area contributed by atoms with Crippen LogP contribution in [-0.2, 0) is 0 Å². The third-order valence-corrected chi connectivity index (χ3v) is 2.39. The molecule has 17 heavy (non-hydrogen) atoms. The molecule has 0 atom stereocenters. The average Bonchev–Trinajstić information content (AvgIpc) is 2.39. The van der Waals surface area contributed by atoms with Gasteiger partial charge in [0.25, 0.3) is 5.91 Å². The molecule has 0 bridgehead atoms. The lowest BCUT2D eigenvalue weighted by atomic mass is 10.2. The van der Waals surface area contributed by atoms with Gasteiger partial charge >= 0.3 is 0 Å². The lowest BCUT2D eigenvalue weighted by Gasteiger charge is -2.15. The quantitative estimate of drug-likeness (QED) is 0.836. The molecule has 2 aromatic rings. The SMILES string of the molecule is CN(C(=O)c1c[nH]ccc1=O)c1cccnc1. The van der Waals surface area contributed by atoms with E-state index >= 15 is 0 Å². The van der Waals surface area contributed by atoms with E-state index in [0.29, 0.717) is 5.69 Å². The average molecular weight is 229 g/mol. The van der Waals surface area contributed by atoms with Crippen LogP contribution in [0.1, 0.15) is 10.4 Å². The van der Waals surface area contributed by atoms with E-state index in [4.69, 9.17) is 0 Å². The number of nitrogens with one attached hydrogen (secondary N) is 1. The Morgan fingerprint density at radius 3 is 2.88 bits per heavy atom. The van der Waals surface area contributed by atoms with Gasteiger partial charge in [0.05, 0.1) is 11.9 Å².